The zero-order valence-electron chi connectivity index (χ0n) is 16.8. The average Bonchev–Trinajstić information content (AvgIpc) is 2.68. The summed E-state index contributed by atoms with van der Waals surface area (Å²) >= 11 is 1.79. The molecule has 2 aliphatic rings. The smallest absolute Gasteiger partial charge is 0.309 e. The molecule has 0 radical (unpaired) electrons. The normalized spacial score (nSPS) is 19.8. The van der Waals surface area contributed by atoms with Crippen molar-refractivity contribution in [2.45, 2.75) is 26.7 Å². The number of nitrogens with zero attached hydrogens (tertiary/aromatic N) is 3. The third kappa shape index (κ3) is 7.86. The Kier molecular flexibility index (Phi) is 12.1. The Bertz CT molecular complexity index is 604. The number of rotatable bonds is 7. The zero-order chi connectivity index (χ0) is 19.7. The van der Waals surface area contributed by atoms with Crippen molar-refractivity contribution in [2.75, 3.05) is 63.1 Å². The molecule has 0 saturated carbocycles. The Hall–Kier alpha value is -0.270. The second-order valence-electron chi connectivity index (χ2n) is 6.58. The minimum Gasteiger partial charge on any atom is -0.466 e. The van der Waals surface area contributed by atoms with Crippen molar-refractivity contribution in [1.82, 2.24) is 14.5 Å². The Morgan fingerprint density at radius 2 is 1.82 bits per heavy atom. The van der Waals surface area contributed by atoms with Gasteiger partial charge in [-0.25, -0.2) is 12.7 Å². The molecule has 2 rings (SSSR count). The van der Waals surface area contributed by atoms with E-state index in [9.17, 15) is 13.2 Å². The molecule has 0 amide bonds. The molecule has 0 atom stereocenters. The first-order valence-electron chi connectivity index (χ1n) is 9.73. The summed E-state index contributed by atoms with van der Waals surface area (Å²) in [7, 11) is -3.25. The van der Waals surface area contributed by atoms with Gasteiger partial charge in [0, 0.05) is 44.2 Å². The van der Waals surface area contributed by atoms with Gasteiger partial charge in [-0.3, -0.25) is 9.79 Å². The summed E-state index contributed by atoms with van der Waals surface area (Å²) in [6.45, 7) is 7.79. The Morgan fingerprint density at radius 3 is 2.39 bits per heavy atom. The van der Waals surface area contributed by atoms with Gasteiger partial charge in [0.1, 0.15) is 0 Å². The molecule has 2 saturated heterocycles. The lowest BCUT2D eigenvalue weighted by Crippen LogP contribution is -2.47. The highest BCUT2D eigenvalue weighted by molar-refractivity contribution is 14.0. The summed E-state index contributed by atoms with van der Waals surface area (Å²) in [5.41, 5.74) is 0. The van der Waals surface area contributed by atoms with E-state index in [0.717, 1.165) is 30.3 Å². The van der Waals surface area contributed by atoms with Gasteiger partial charge in [-0.05, 0) is 26.7 Å². The van der Waals surface area contributed by atoms with Crippen molar-refractivity contribution in [3.63, 3.8) is 0 Å². The van der Waals surface area contributed by atoms with Gasteiger partial charge < -0.3 is 15.0 Å². The molecule has 0 spiro atoms. The van der Waals surface area contributed by atoms with Gasteiger partial charge in [0.15, 0.2) is 5.96 Å². The predicted molar refractivity (Wildman–Crippen MR) is 125 cm³/mol. The lowest BCUT2D eigenvalue weighted by atomic mass is 9.97. The van der Waals surface area contributed by atoms with Gasteiger partial charge >= 0.3 is 5.97 Å². The fourth-order valence-corrected chi connectivity index (χ4v) is 5.69. The van der Waals surface area contributed by atoms with E-state index in [2.05, 4.69) is 15.2 Å². The van der Waals surface area contributed by atoms with Crippen LogP contribution in [0.4, 0.5) is 0 Å². The van der Waals surface area contributed by atoms with Crippen LogP contribution in [-0.2, 0) is 19.6 Å². The second kappa shape index (κ2) is 13.1. The molecular formula is C17H33IN4O4S2. The summed E-state index contributed by atoms with van der Waals surface area (Å²) in [6.07, 6.45) is 1.46. The first-order chi connectivity index (χ1) is 13.0. The Balaban J connectivity index is 0.00000392. The van der Waals surface area contributed by atoms with Crippen LogP contribution in [0.25, 0.3) is 0 Å². The number of carbonyl (C=O) groups excluding carboxylic acids is 1. The first-order valence-corrected chi connectivity index (χ1v) is 12.5. The average molecular weight is 549 g/mol. The van der Waals surface area contributed by atoms with E-state index in [4.69, 9.17) is 4.74 Å². The summed E-state index contributed by atoms with van der Waals surface area (Å²) in [5, 5.41) is 3.24. The minimum atomic E-state index is -3.25. The van der Waals surface area contributed by atoms with Crippen molar-refractivity contribution < 1.29 is 17.9 Å². The molecule has 2 heterocycles. The van der Waals surface area contributed by atoms with Crippen LogP contribution in [0.15, 0.2) is 4.99 Å². The summed E-state index contributed by atoms with van der Waals surface area (Å²) in [6, 6.07) is 0. The maximum atomic E-state index is 12.4. The number of halogens is 1. The molecule has 8 nitrogen and oxygen atoms in total. The Labute approximate surface area is 190 Å². The van der Waals surface area contributed by atoms with Crippen LogP contribution >= 0.6 is 35.7 Å². The van der Waals surface area contributed by atoms with Gasteiger partial charge in [-0.1, -0.05) is 0 Å². The number of likely N-dealkylation sites (tertiary alicyclic amines) is 1. The quantitative estimate of drug-likeness (QED) is 0.222. The van der Waals surface area contributed by atoms with Crippen molar-refractivity contribution in [2.24, 2.45) is 10.9 Å². The first kappa shape index (κ1) is 25.8. The van der Waals surface area contributed by atoms with E-state index in [1.165, 1.54) is 0 Å². The minimum absolute atomic E-state index is 0. The molecule has 0 aliphatic carbocycles. The van der Waals surface area contributed by atoms with E-state index >= 15 is 0 Å². The maximum Gasteiger partial charge on any atom is 0.309 e. The van der Waals surface area contributed by atoms with Crippen molar-refractivity contribution in [1.29, 1.82) is 0 Å². The van der Waals surface area contributed by atoms with Crippen LogP contribution in [0.1, 0.15) is 26.7 Å². The molecule has 0 aromatic heterocycles. The number of hydrogen-bond donors (Lipinski definition) is 1. The van der Waals surface area contributed by atoms with Gasteiger partial charge in [-0.2, -0.15) is 11.8 Å². The monoisotopic (exact) mass is 548 g/mol. The number of hydrogen-bond acceptors (Lipinski definition) is 6. The summed E-state index contributed by atoms with van der Waals surface area (Å²) in [4.78, 5) is 18.5. The molecule has 28 heavy (non-hydrogen) atoms. The highest BCUT2D eigenvalue weighted by Gasteiger charge is 2.28. The van der Waals surface area contributed by atoms with E-state index < -0.39 is 10.0 Å². The van der Waals surface area contributed by atoms with Crippen LogP contribution in [0.3, 0.4) is 0 Å². The van der Waals surface area contributed by atoms with E-state index in [1.54, 1.807) is 16.1 Å². The number of ether oxygens (including phenoxy) is 1. The third-order valence-electron chi connectivity index (χ3n) is 4.72. The molecule has 11 heteroatoms. The van der Waals surface area contributed by atoms with Crippen LogP contribution in [0, 0.1) is 5.92 Å². The molecule has 2 fully saturated rings. The highest BCUT2D eigenvalue weighted by atomic mass is 127. The Morgan fingerprint density at radius 1 is 1.18 bits per heavy atom. The molecule has 0 aromatic carbocycles. The van der Waals surface area contributed by atoms with Crippen LogP contribution < -0.4 is 5.32 Å². The van der Waals surface area contributed by atoms with Crippen molar-refractivity contribution in [3.8, 4) is 0 Å². The molecule has 1 N–H and O–H groups in total. The van der Waals surface area contributed by atoms with Crippen molar-refractivity contribution in [3.05, 3.63) is 0 Å². The van der Waals surface area contributed by atoms with E-state index in [-0.39, 0.29) is 48.2 Å². The predicted octanol–water partition coefficient (Wildman–Crippen LogP) is 1.22. The molecule has 0 unspecified atom stereocenters. The summed E-state index contributed by atoms with van der Waals surface area (Å²) < 4.78 is 31.6. The van der Waals surface area contributed by atoms with E-state index in [0.29, 0.717) is 39.3 Å². The van der Waals surface area contributed by atoms with Crippen molar-refractivity contribution >= 4 is 57.7 Å². The number of guanidine groups is 1. The topological polar surface area (TPSA) is 91.3 Å². The molecule has 164 valence electrons. The molecule has 0 aromatic rings. The molecular weight excluding hydrogens is 515 g/mol. The van der Waals surface area contributed by atoms with Crippen LogP contribution in [0.5, 0.6) is 0 Å². The van der Waals surface area contributed by atoms with Gasteiger partial charge in [0.05, 0.1) is 24.8 Å². The number of carbonyl (C=O) groups is 1. The summed E-state index contributed by atoms with van der Waals surface area (Å²) in [5.74, 6) is 2.31. The van der Waals surface area contributed by atoms with Gasteiger partial charge in [0.2, 0.25) is 10.0 Å². The fraction of sp³-hybridized carbons (Fsp3) is 0.882. The SMILES string of the molecule is CCNC(=NCCS(=O)(=O)N1CCSCC1)N1CCC(C(=O)OCC)CC1.I. The second-order valence-corrected chi connectivity index (χ2v) is 9.89. The third-order valence-corrected chi connectivity index (χ3v) is 7.52. The van der Waals surface area contributed by atoms with Crippen LogP contribution in [-0.4, -0.2) is 92.7 Å². The van der Waals surface area contributed by atoms with Crippen LogP contribution in [0.2, 0.25) is 0 Å². The zero-order valence-corrected chi connectivity index (χ0v) is 20.7. The lowest BCUT2D eigenvalue weighted by Gasteiger charge is -2.33. The van der Waals surface area contributed by atoms with E-state index in [1.807, 2.05) is 13.8 Å². The number of thioether (sulfide) groups is 1. The molecule has 0 bridgehead atoms. The number of piperidine rings is 1. The lowest BCUT2D eigenvalue weighted by molar-refractivity contribution is -0.149. The standard InChI is InChI=1S/C17H32N4O4S2.HI/c1-3-18-17(20-8-5-15(6-9-20)16(22)25-4-2)19-7-14-27(23,24)21-10-12-26-13-11-21;/h15H,3-14H2,1-2H3,(H,18,19);1H. The number of aliphatic imine (C=N–C) groups is 1. The fourth-order valence-electron chi connectivity index (χ4n) is 3.23. The number of esters is 1. The maximum absolute atomic E-state index is 12.4. The largest absolute Gasteiger partial charge is 0.466 e. The number of sulfonamides is 1. The van der Waals surface area contributed by atoms with Gasteiger partial charge in [-0.15, -0.1) is 24.0 Å². The highest BCUT2D eigenvalue weighted by Crippen LogP contribution is 2.19. The van der Waals surface area contributed by atoms with Gasteiger partial charge in [0.25, 0.3) is 0 Å². The number of nitrogens with one attached hydrogen (secondary N) is 1. The molecule has 2 aliphatic heterocycles.